The Bertz CT molecular complexity index is 451. The van der Waals surface area contributed by atoms with Gasteiger partial charge in [0.2, 0.25) is 0 Å². The number of benzene rings is 1. The van der Waals surface area contributed by atoms with Crippen LogP contribution in [0.15, 0.2) is 18.2 Å². The third-order valence-electron chi connectivity index (χ3n) is 3.38. The maximum atomic E-state index is 13.4. The van der Waals surface area contributed by atoms with Crippen molar-refractivity contribution in [3.63, 3.8) is 0 Å². The van der Waals surface area contributed by atoms with E-state index < -0.39 is 17.5 Å². The molecule has 1 aliphatic carbocycles. The standard InChI is InChI=1S/C13H15F2NO2/c14-9-4-5-11(15)10(6-9)13(18)16-12-3-1-2-8(12)7-17/h4-6,8,12,17H,1-3,7H2,(H,16,18). The first-order valence-corrected chi connectivity index (χ1v) is 5.98. The average molecular weight is 255 g/mol. The van der Waals surface area contributed by atoms with E-state index in [0.717, 1.165) is 37.5 Å². The van der Waals surface area contributed by atoms with Crippen LogP contribution in [0.3, 0.4) is 0 Å². The van der Waals surface area contributed by atoms with Crippen molar-refractivity contribution < 1.29 is 18.7 Å². The van der Waals surface area contributed by atoms with Crippen molar-refractivity contribution in [1.29, 1.82) is 0 Å². The monoisotopic (exact) mass is 255 g/mol. The summed E-state index contributed by atoms with van der Waals surface area (Å²) in [5.74, 6) is -2.01. The summed E-state index contributed by atoms with van der Waals surface area (Å²) in [5.41, 5.74) is -0.293. The molecule has 0 saturated heterocycles. The van der Waals surface area contributed by atoms with Crippen molar-refractivity contribution in [1.82, 2.24) is 5.32 Å². The van der Waals surface area contributed by atoms with Crippen LogP contribution >= 0.6 is 0 Å². The van der Waals surface area contributed by atoms with Gasteiger partial charge in [0.15, 0.2) is 0 Å². The fourth-order valence-corrected chi connectivity index (χ4v) is 2.36. The van der Waals surface area contributed by atoms with Gasteiger partial charge in [-0.1, -0.05) is 6.42 Å². The van der Waals surface area contributed by atoms with Crippen molar-refractivity contribution in [3.8, 4) is 0 Å². The average Bonchev–Trinajstić information content (AvgIpc) is 2.79. The van der Waals surface area contributed by atoms with Crippen LogP contribution in [0.1, 0.15) is 29.6 Å². The largest absolute Gasteiger partial charge is 0.396 e. The lowest BCUT2D eigenvalue weighted by atomic mass is 10.0. The van der Waals surface area contributed by atoms with Crippen LogP contribution in [0.4, 0.5) is 8.78 Å². The molecule has 3 nitrogen and oxygen atoms in total. The molecule has 1 saturated carbocycles. The minimum Gasteiger partial charge on any atom is -0.396 e. The number of carbonyl (C=O) groups is 1. The van der Waals surface area contributed by atoms with E-state index in [2.05, 4.69) is 5.32 Å². The molecule has 2 unspecified atom stereocenters. The number of hydrogen-bond acceptors (Lipinski definition) is 2. The lowest BCUT2D eigenvalue weighted by Gasteiger charge is -2.19. The summed E-state index contributed by atoms with van der Waals surface area (Å²) in [6.45, 7) is -0.00339. The summed E-state index contributed by atoms with van der Waals surface area (Å²) >= 11 is 0. The minimum atomic E-state index is -0.743. The van der Waals surface area contributed by atoms with Gasteiger partial charge in [-0.05, 0) is 31.0 Å². The molecular formula is C13H15F2NO2. The Morgan fingerprint density at radius 2 is 2.17 bits per heavy atom. The molecule has 0 aliphatic heterocycles. The second-order valence-corrected chi connectivity index (χ2v) is 4.58. The number of carbonyl (C=O) groups excluding carboxylic acids is 1. The van der Waals surface area contributed by atoms with E-state index in [1.807, 2.05) is 0 Å². The third-order valence-corrected chi connectivity index (χ3v) is 3.38. The highest BCUT2D eigenvalue weighted by Crippen LogP contribution is 2.25. The van der Waals surface area contributed by atoms with Gasteiger partial charge in [-0.15, -0.1) is 0 Å². The van der Waals surface area contributed by atoms with Crippen LogP contribution in [-0.2, 0) is 0 Å². The SMILES string of the molecule is O=C(NC1CCCC1CO)c1cc(F)ccc1F. The maximum Gasteiger partial charge on any atom is 0.254 e. The lowest BCUT2D eigenvalue weighted by molar-refractivity contribution is 0.0911. The first kappa shape index (κ1) is 13.0. The minimum absolute atomic E-state index is 0.00339. The molecule has 2 rings (SSSR count). The molecule has 1 aromatic rings. The zero-order valence-electron chi connectivity index (χ0n) is 9.83. The number of halogens is 2. The molecule has 0 bridgehead atoms. The lowest BCUT2D eigenvalue weighted by Crippen LogP contribution is -2.38. The van der Waals surface area contributed by atoms with Gasteiger partial charge in [-0.3, -0.25) is 4.79 Å². The highest BCUT2D eigenvalue weighted by molar-refractivity contribution is 5.94. The van der Waals surface area contributed by atoms with Gasteiger partial charge in [0.25, 0.3) is 5.91 Å². The summed E-state index contributed by atoms with van der Waals surface area (Å²) < 4.78 is 26.4. The molecule has 98 valence electrons. The first-order valence-electron chi connectivity index (χ1n) is 5.98. The van der Waals surface area contributed by atoms with E-state index in [1.54, 1.807) is 0 Å². The van der Waals surface area contributed by atoms with Crippen LogP contribution < -0.4 is 5.32 Å². The maximum absolute atomic E-state index is 13.4. The summed E-state index contributed by atoms with van der Waals surface area (Å²) in [4.78, 5) is 11.8. The molecule has 0 radical (unpaired) electrons. The number of rotatable bonds is 3. The fraction of sp³-hybridized carbons (Fsp3) is 0.462. The summed E-state index contributed by atoms with van der Waals surface area (Å²) in [7, 11) is 0. The Morgan fingerprint density at radius 1 is 1.39 bits per heavy atom. The molecule has 0 spiro atoms. The van der Waals surface area contributed by atoms with Gasteiger partial charge < -0.3 is 10.4 Å². The second-order valence-electron chi connectivity index (χ2n) is 4.58. The Labute approximate surface area is 104 Å². The second kappa shape index (κ2) is 5.44. The van der Waals surface area contributed by atoms with Crippen molar-refractivity contribution in [2.24, 2.45) is 5.92 Å². The van der Waals surface area contributed by atoms with Gasteiger partial charge >= 0.3 is 0 Å². The van der Waals surface area contributed by atoms with Gasteiger partial charge in [0, 0.05) is 18.6 Å². The Balaban J connectivity index is 2.09. The molecule has 1 amide bonds. The molecule has 1 fully saturated rings. The van der Waals surface area contributed by atoms with E-state index >= 15 is 0 Å². The molecule has 18 heavy (non-hydrogen) atoms. The predicted octanol–water partition coefficient (Wildman–Crippen LogP) is 1.86. The van der Waals surface area contributed by atoms with Crippen LogP contribution in [0.5, 0.6) is 0 Å². The topological polar surface area (TPSA) is 49.3 Å². The smallest absolute Gasteiger partial charge is 0.254 e. The molecule has 1 aromatic carbocycles. The zero-order valence-corrected chi connectivity index (χ0v) is 9.83. The third kappa shape index (κ3) is 2.67. The van der Waals surface area contributed by atoms with Crippen LogP contribution in [0.25, 0.3) is 0 Å². The number of hydrogen-bond donors (Lipinski definition) is 2. The van der Waals surface area contributed by atoms with Gasteiger partial charge in [-0.25, -0.2) is 8.78 Å². The number of amides is 1. The van der Waals surface area contributed by atoms with E-state index in [0.29, 0.717) is 0 Å². The van der Waals surface area contributed by atoms with Crippen molar-refractivity contribution in [2.45, 2.75) is 25.3 Å². The molecule has 0 aromatic heterocycles. The van der Waals surface area contributed by atoms with E-state index in [-0.39, 0.29) is 24.1 Å². The summed E-state index contributed by atoms with van der Waals surface area (Å²) in [5, 5.41) is 11.8. The van der Waals surface area contributed by atoms with Gasteiger partial charge in [0.1, 0.15) is 11.6 Å². The molecule has 2 atom stereocenters. The normalized spacial score (nSPS) is 23.1. The number of aliphatic hydroxyl groups is 1. The van der Waals surface area contributed by atoms with Crippen LogP contribution in [0.2, 0.25) is 0 Å². The van der Waals surface area contributed by atoms with E-state index in [9.17, 15) is 13.6 Å². The molecule has 0 heterocycles. The summed E-state index contributed by atoms with van der Waals surface area (Å²) in [6.07, 6.45) is 2.52. The van der Waals surface area contributed by atoms with E-state index in [4.69, 9.17) is 5.11 Å². The molecule has 1 aliphatic rings. The Morgan fingerprint density at radius 3 is 2.89 bits per heavy atom. The van der Waals surface area contributed by atoms with Crippen LogP contribution in [-0.4, -0.2) is 23.7 Å². The molecular weight excluding hydrogens is 240 g/mol. The zero-order chi connectivity index (χ0) is 13.1. The molecule has 5 heteroatoms. The fourth-order valence-electron chi connectivity index (χ4n) is 2.36. The predicted molar refractivity (Wildman–Crippen MR) is 62.0 cm³/mol. The highest BCUT2D eigenvalue weighted by Gasteiger charge is 2.28. The quantitative estimate of drug-likeness (QED) is 0.866. The first-order chi connectivity index (χ1) is 8.61. The van der Waals surface area contributed by atoms with Crippen molar-refractivity contribution in [3.05, 3.63) is 35.4 Å². The molecule has 2 N–H and O–H groups in total. The van der Waals surface area contributed by atoms with Crippen molar-refractivity contribution in [2.75, 3.05) is 6.61 Å². The number of aliphatic hydroxyl groups excluding tert-OH is 1. The number of nitrogens with one attached hydrogen (secondary N) is 1. The van der Waals surface area contributed by atoms with E-state index in [1.165, 1.54) is 0 Å². The van der Waals surface area contributed by atoms with Crippen molar-refractivity contribution >= 4 is 5.91 Å². The van der Waals surface area contributed by atoms with Gasteiger partial charge in [0.05, 0.1) is 5.56 Å². The Hall–Kier alpha value is -1.49. The Kier molecular flexibility index (Phi) is 3.91. The highest BCUT2D eigenvalue weighted by atomic mass is 19.1. The summed E-state index contributed by atoms with van der Waals surface area (Å²) in [6, 6.07) is 2.62. The van der Waals surface area contributed by atoms with Gasteiger partial charge in [-0.2, -0.15) is 0 Å². The van der Waals surface area contributed by atoms with Crippen LogP contribution in [0, 0.1) is 17.6 Å².